The molecule has 2 amide bonds. The van der Waals surface area contributed by atoms with Gasteiger partial charge in [-0.05, 0) is 29.0 Å². The van der Waals surface area contributed by atoms with Crippen LogP contribution in [-0.2, 0) is 9.59 Å². The summed E-state index contributed by atoms with van der Waals surface area (Å²) in [6.45, 7) is -0.118. The van der Waals surface area contributed by atoms with Gasteiger partial charge in [-0.1, -0.05) is 48.5 Å². The quantitative estimate of drug-likeness (QED) is 0.612. The second-order valence-electron chi connectivity index (χ2n) is 6.20. The highest BCUT2D eigenvalue weighted by atomic mass is 16.5. The van der Waals surface area contributed by atoms with Crippen molar-refractivity contribution in [2.24, 2.45) is 5.73 Å². The van der Waals surface area contributed by atoms with Crippen LogP contribution in [0.2, 0.25) is 0 Å². The van der Waals surface area contributed by atoms with Crippen LogP contribution in [0.5, 0.6) is 5.75 Å². The highest BCUT2D eigenvalue weighted by Gasteiger charge is 2.18. The van der Waals surface area contributed by atoms with Gasteiger partial charge >= 0.3 is 0 Å². The average Bonchev–Trinajstić information content (AvgIpc) is 2.72. The Bertz CT molecular complexity index is 1000. The Morgan fingerprint density at radius 2 is 1.68 bits per heavy atom. The second kappa shape index (κ2) is 8.81. The zero-order valence-electron chi connectivity index (χ0n) is 15.2. The van der Waals surface area contributed by atoms with Gasteiger partial charge in [0.25, 0.3) is 5.91 Å². The number of fused-ring (bicyclic) bond motifs is 1. The minimum absolute atomic E-state index is 0.0379. The first-order chi connectivity index (χ1) is 13.6. The van der Waals surface area contributed by atoms with E-state index in [-0.39, 0.29) is 25.5 Å². The number of nitrogens with zero attached hydrogens (tertiary/aromatic N) is 1. The van der Waals surface area contributed by atoms with Crippen molar-refractivity contribution < 1.29 is 19.1 Å². The maximum absolute atomic E-state index is 12.8. The molecule has 0 aromatic heterocycles. The summed E-state index contributed by atoms with van der Waals surface area (Å²) in [7, 11) is 0. The molecule has 0 aliphatic carbocycles. The van der Waals surface area contributed by atoms with E-state index in [2.05, 4.69) is 0 Å². The lowest BCUT2D eigenvalue weighted by atomic mass is 10.0. The van der Waals surface area contributed by atoms with E-state index in [4.69, 9.17) is 10.5 Å². The number of primary amides is 1. The van der Waals surface area contributed by atoms with Crippen LogP contribution in [0.3, 0.4) is 0 Å². The van der Waals surface area contributed by atoms with Crippen molar-refractivity contribution in [3.05, 3.63) is 72.3 Å². The SMILES string of the molecule is NC(=O)CCN(C(=O)COc1ccc2ccccc2c1C=O)c1ccccc1. The molecule has 0 saturated carbocycles. The second-order valence-corrected chi connectivity index (χ2v) is 6.20. The zero-order chi connectivity index (χ0) is 19.9. The van der Waals surface area contributed by atoms with E-state index >= 15 is 0 Å². The normalized spacial score (nSPS) is 10.4. The van der Waals surface area contributed by atoms with Crippen molar-refractivity contribution in [1.29, 1.82) is 0 Å². The Labute approximate surface area is 162 Å². The molecule has 142 valence electrons. The van der Waals surface area contributed by atoms with E-state index < -0.39 is 5.91 Å². The lowest BCUT2D eigenvalue weighted by Gasteiger charge is -2.22. The van der Waals surface area contributed by atoms with Gasteiger partial charge in [0, 0.05) is 18.7 Å². The fraction of sp³-hybridized carbons (Fsp3) is 0.136. The van der Waals surface area contributed by atoms with Crippen LogP contribution >= 0.6 is 0 Å². The monoisotopic (exact) mass is 376 g/mol. The molecule has 2 N–H and O–H groups in total. The molecule has 0 saturated heterocycles. The maximum Gasteiger partial charge on any atom is 0.264 e. The largest absolute Gasteiger partial charge is 0.483 e. The predicted molar refractivity (Wildman–Crippen MR) is 107 cm³/mol. The Hall–Kier alpha value is -3.67. The van der Waals surface area contributed by atoms with Crippen LogP contribution in [0.25, 0.3) is 10.8 Å². The third kappa shape index (κ3) is 4.35. The van der Waals surface area contributed by atoms with Crippen molar-refractivity contribution >= 4 is 34.6 Å². The summed E-state index contributed by atoms with van der Waals surface area (Å²) >= 11 is 0. The molecule has 0 unspecified atom stereocenters. The summed E-state index contributed by atoms with van der Waals surface area (Å²) < 4.78 is 5.67. The van der Waals surface area contributed by atoms with Crippen LogP contribution in [0.4, 0.5) is 5.69 Å². The van der Waals surface area contributed by atoms with Crippen LogP contribution in [0, 0.1) is 0 Å². The summed E-state index contributed by atoms with van der Waals surface area (Å²) in [5, 5.41) is 1.67. The van der Waals surface area contributed by atoms with Gasteiger partial charge in [-0.25, -0.2) is 0 Å². The summed E-state index contributed by atoms with van der Waals surface area (Å²) in [5.74, 6) is -0.491. The molecule has 0 aliphatic rings. The fourth-order valence-electron chi connectivity index (χ4n) is 2.97. The topological polar surface area (TPSA) is 89.7 Å². The van der Waals surface area contributed by atoms with Gasteiger partial charge in [0.15, 0.2) is 12.9 Å². The first kappa shape index (κ1) is 19.1. The predicted octanol–water partition coefficient (Wildman–Crippen LogP) is 2.94. The molecule has 0 heterocycles. The van der Waals surface area contributed by atoms with Gasteiger partial charge in [-0.15, -0.1) is 0 Å². The third-order valence-corrected chi connectivity index (χ3v) is 4.35. The highest BCUT2D eigenvalue weighted by molar-refractivity contribution is 6.01. The van der Waals surface area contributed by atoms with E-state index in [1.165, 1.54) is 4.90 Å². The van der Waals surface area contributed by atoms with Gasteiger partial charge in [0.2, 0.25) is 5.91 Å². The number of benzene rings is 3. The number of carbonyl (C=O) groups excluding carboxylic acids is 3. The molecule has 3 rings (SSSR count). The van der Waals surface area contributed by atoms with Gasteiger partial charge in [0.05, 0.1) is 5.56 Å². The standard InChI is InChI=1S/C22H20N2O4/c23-21(26)12-13-24(17-7-2-1-3-8-17)22(27)15-28-20-11-10-16-6-4-5-9-18(16)19(20)14-25/h1-11,14H,12-13,15H2,(H2,23,26). The Morgan fingerprint density at radius 1 is 0.964 bits per heavy atom. The molecule has 0 aliphatic heterocycles. The van der Waals surface area contributed by atoms with Gasteiger partial charge in [0.1, 0.15) is 5.75 Å². The van der Waals surface area contributed by atoms with E-state index in [9.17, 15) is 14.4 Å². The number of hydrogen-bond donors (Lipinski definition) is 1. The average molecular weight is 376 g/mol. The number of carbonyl (C=O) groups is 3. The Kier molecular flexibility index (Phi) is 6.01. The molecule has 0 fully saturated rings. The molecule has 0 spiro atoms. The van der Waals surface area contributed by atoms with Crippen LogP contribution in [0.15, 0.2) is 66.7 Å². The number of aldehydes is 1. The molecule has 3 aromatic carbocycles. The smallest absolute Gasteiger partial charge is 0.264 e. The molecule has 28 heavy (non-hydrogen) atoms. The molecule has 0 radical (unpaired) electrons. The maximum atomic E-state index is 12.8. The first-order valence-electron chi connectivity index (χ1n) is 8.83. The first-order valence-corrected chi connectivity index (χ1v) is 8.83. The minimum Gasteiger partial charge on any atom is -0.483 e. The van der Waals surface area contributed by atoms with E-state index in [0.717, 1.165) is 17.1 Å². The molecule has 0 bridgehead atoms. The van der Waals surface area contributed by atoms with Crippen molar-refractivity contribution in [1.82, 2.24) is 0 Å². The molecular weight excluding hydrogens is 356 g/mol. The zero-order valence-corrected chi connectivity index (χ0v) is 15.2. The number of anilines is 1. The Morgan fingerprint density at radius 3 is 2.39 bits per heavy atom. The number of amides is 2. The molecule has 3 aromatic rings. The van der Waals surface area contributed by atoms with Crippen molar-refractivity contribution in [3.63, 3.8) is 0 Å². The number of ether oxygens (including phenoxy) is 1. The van der Waals surface area contributed by atoms with E-state index in [1.807, 2.05) is 36.4 Å². The van der Waals surface area contributed by atoms with Crippen LogP contribution in [0.1, 0.15) is 16.8 Å². The third-order valence-electron chi connectivity index (χ3n) is 4.35. The summed E-state index contributed by atoms with van der Waals surface area (Å²) in [4.78, 5) is 37.0. The Balaban J connectivity index is 1.80. The fourth-order valence-corrected chi connectivity index (χ4v) is 2.97. The number of nitrogens with two attached hydrogens (primary N) is 1. The molecule has 6 heteroatoms. The molecule has 0 atom stereocenters. The molecular formula is C22H20N2O4. The summed E-state index contributed by atoms with van der Waals surface area (Å²) in [5.41, 5.74) is 6.27. The summed E-state index contributed by atoms with van der Waals surface area (Å²) in [6.07, 6.45) is 0.764. The minimum atomic E-state index is -0.493. The van der Waals surface area contributed by atoms with Gasteiger partial charge in [-0.3, -0.25) is 14.4 Å². The number of rotatable bonds is 8. The van der Waals surface area contributed by atoms with Crippen molar-refractivity contribution in [2.75, 3.05) is 18.1 Å². The lowest BCUT2D eigenvalue weighted by Crippen LogP contribution is -2.37. The lowest BCUT2D eigenvalue weighted by molar-refractivity contribution is -0.120. The van der Waals surface area contributed by atoms with Crippen LogP contribution in [-0.4, -0.2) is 31.3 Å². The van der Waals surface area contributed by atoms with Crippen LogP contribution < -0.4 is 15.4 Å². The van der Waals surface area contributed by atoms with Crippen molar-refractivity contribution in [3.8, 4) is 5.75 Å². The van der Waals surface area contributed by atoms with E-state index in [1.54, 1.807) is 30.3 Å². The number of para-hydroxylation sites is 1. The van der Waals surface area contributed by atoms with E-state index in [0.29, 0.717) is 17.0 Å². The molecule has 6 nitrogen and oxygen atoms in total. The number of hydrogen-bond acceptors (Lipinski definition) is 4. The van der Waals surface area contributed by atoms with Gasteiger partial charge in [-0.2, -0.15) is 0 Å². The highest BCUT2D eigenvalue weighted by Crippen LogP contribution is 2.26. The van der Waals surface area contributed by atoms with Gasteiger partial charge < -0.3 is 15.4 Å². The summed E-state index contributed by atoms with van der Waals surface area (Å²) in [6, 6.07) is 19.9. The van der Waals surface area contributed by atoms with Crippen molar-refractivity contribution in [2.45, 2.75) is 6.42 Å².